The number of carbonyl (C=O) groups excluding carboxylic acids is 1. The van der Waals surface area contributed by atoms with E-state index < -0.39 is 5.91 Å². The molecule has 0 radical (unpaired) electrons. The van der Waals surface area contributed by atoms with Gasteiger partial charge in [0.1, 0.15) is 0 Å². The third-order valence-electron chi connectivity index (χ3n) is 2.90. The Labute approximate surface area is 118 Å². The molecule has 106 valence electrons. The third-order valence-corrected chi connectivity index (χ3v) is 3.25. The van der Waals surface area contributed by atoms with Crippen LogP contribution in [0.1, 0.15) is 36.2 Å². The van der Waals surface area contributed by atoms with Crippen LogP contribution in [0.3, 0.4) is 0 Å². The molecule has 1 aromatic rings. The van der Waals surface area contributed by atoms with Gasteiger partial charge >= 0.3 is 0 Å². The first-order chi connectivity index (χ1) is 8.93. The van der Waals surface area contributed by atoms with Crippen molar-refractivity contribution in [1.82, 2.24) is 5.32 Å². The van der Waals surface area contributed by atoms with E-state index in [1.807, 2.05) is 0 Å². The second-order valence-corrected chi connectivity index (χ2v) is 5.47. The number of rotatable bonds is 7. The highest BCUT2D eigenvalue weighted by atomic mass is 35.5. The van der Waals surface area contributed by atoms with E-state index in [0.717, 1.165) is 12.0 Å². The lowest BCUT2D eigenvalue weighted by atomic mass is 10.0. The number of hydrogen-bond acceptors (Lipinski definition) is 3. The van der Waals surface area contributed by atoms with E-state index >= 15 is 0 Å². The number of benzene rings is 1. The Bertz CT molecular complexity index is 435. The summed E-state index contributed by atoms with van der Waals surface area (Å²) >= 11 is 6.10. The average molecular weight is 285 g/mol. The van der Waals surface area contributed by atoms with Crippen LogP contribution in [0.25, 0.3) is 0 Å². The fourth-order valence-corrected chi connectivity index (χ4v) is 2.14. The first kappa shape index (κ1) is 16.0. The molecule has 4 N–H and O–H groups in total. The van der Waals surface area contributed by atoms with Crippen molar-refractivity contribution in [3.63, 3.8) is 0 Å². The van der Waals surface area contributed by atoms with Crippen molar-refractivity contribution in [3.8, 4) is 0 Å². The summed E-state index contributed by atoms with van der Waals surface area (Å²) in [5.41, 5.74) is 6.47. The quantitative estimate of drug-likeness (QED) is 0.716. The van der Waals surface area contributed by atoms with Gasteiger partial charge in [-0.2, -0.15) is 0 Å². The monoisotopic (exact) mass is 284 g/mol. The Morgan fingerprint density at radius 3 is 2.63 bits per heavy atom. The molecule has 5 heteroatoms. The second-order valence-electron chi connectivity index (χ2n) is 5.06. The molecule has 4 nitrogen and oxygen atoms in total. The molecule has 0 saturated heterocycles. The van der Waals surface area contributed by atoms with E-state index in [-0.39, 0.29) is 12.6 Å². The Hall–Kier alpha value is -1.10. The van der Waals surface area contributed by atoms with Gasteiger partial charge in [0.15, 0.2) is 0 Å². The molecule has 0 aliphatic carbocycles. The number of carbonyl (C=O) groups is 1. The maximum absolute atomic E-state index is 11.0. The summed E-state index contributed by atoms with van der Waals surface area (Å²) in [5, 5.41) is 13.0. The van der Waals surface area contributed by atoms with Crippen molar-refractivity contribution in [2.75, 3.05) is 6.61 Å². The second kappa shape index (κ2) is 7.48. The molecule has 1 rings (SSSR count). The van der Waals surface area contributed by atoms with Crippen LogP contribution in [-0.2, 0) is 6.54 Å². The number of halogens is 1. The summed E-state index contributed by atoms with van der Waals surface area (Å²) in [4.78, 5) is 11.0. The molecule has 1 amide bonds. The van der Waals surface area contributed by atoms with Gasteiger partial charge in [-0.25, -0.2) is 0 Å². The standard InChI is InChI=1S/C14H21ClN2O2/c1-9(2)5-12(8-18)17-7-11-4-3-10(14(16)19)6-13(11)15/h3-4,6,9,12,17-18H,5,7-8H2,1-2H3,(H2,16,19). The summed E-state index contributed by atoms with van der Waals surface area (Å²) in [5.74, 6) is 0.0202. The number of amides is 1. The zero-order valence-electron chi connectivity index (χ0n) is 11.3. The largest absolute Gasteiger partial charge is 0.395 e. The minimum Gasteiger partial charge on any atom is -0.395 e. The first-order valence-corrected chi connectivity index (χ1v) is 6.74. The lowest BCUT2D eigenvalue weighted by Crippen LogP contribution is -2.33. The zero-order chi connectivity index (χ0) is 14.4. The number of hydrogen-bond donors (Lipinski definition) is 3. The Morgan fingerprint density at radius 1 is 1.47 bits per heavy atom. The molecule has 19 heavy (non-hydrogen) atoms. The van der Waals surface area contributed by atoms with Crippen molar-refractivity contribution in [2.24, 2.45) is 11.7 Å². The van der Waals surface area contributed by atoms with Crippen LogP contribution in [0, 0.1) is 5.92 Å². The maximum atomic E-state index is 11.0. The Morgan fingerprint density at radius 2 is 2.16 bits per heavy atom. The van der Waals surface area contributed by atoms with Crippen LogP contribution < -0.4 is 11.1 Å². The van der Waals surface area contributed by atoms with Crippen molar-refractivity contribution in [3.05, 3.63) is 34.3 Å². The van der Waals surface area contributed by atoms with Crippen LogP contribution in [0.4, 0.5) is 0 Å². The minimum absolute atomic E-state index is 0.0480. The van der Waals surface area contributed by atoms with Crippen molar-refractivity contribution in [1.29, 1.82) is 0 Å². The molecule has 0 saturated carbocycles. The minimum atomic E-state index is -0.491. The molecule has 0 fully saturated rings. The van der Waals surface area contributed by atoms with Gasteiger partial charge in [-0.1, -0.05) is 31.5 Å². The van der Waals surface area contributed by atoms with Gasteiger partial charge in [0, 0.05) is 23.2 Å². The molecule has 0 spiro atoms. The summed E-state index contributed by atoms with van der Waals surface area (Å²) in [6.07, 6.45) is 0.896. The van der Waals surface area contributed by atoms with Gasteiger partial charge in [0.2, 0.25) is 5.91 Å². The van der Waals surface area contributed by atoms with Gasteiger partial charge < -0.3 is 16.2 Å². The normalized spacial score (nSPS) is 12.7. The van der Waals surface area contributed by atoms with E-state index in [2.05, 4.69) is 19.2 Å². The molecular formula is C14H21ClN2O2. The molecule has 0 bridgehead atoms. The van der Waals surface area contributed by atoms with Crippen molar-refractivity contribution >= 4 is 17.5 Å². The van der Waals surface area contributed by atoms with Gasteiger partial charge in [0.25, 0.3) is 0 Å². The molecule has 0 aliphatic rings. The number of aliphatic hydroxyl groups excluding tert-OH is 1. The van der Waals surface area contributed by atoms with Gasteiger partial charge in [-0.15, -0.1) is 0 Å². The number of aliphatic hydroxyl groups is 1. The van der Waals surface area contributed by atoms with E-state index in [9.17, 15) is 9.90 Å². The Kier molecular flexibility index (Phi) is 6.28. The first-order valence-electron chi connectivity index (χ1n) is 6.36. The summed E-state index contributed by atoms with van der Waals surface area (Å²) in [7, 11) is 0. The number of nitrogens with two attached hydrogens (primary N) is 1. The van der Waals surface area contributed by atoms with E-state index in [1.165, 1.54) is 0 Å². The predicted octanol–water partition coefficient (Wildman–Crippen LogP) is 1.94. The molecule has 1 atom stereocenters. The highest BCUT2D eigenvalue weighted by Crippen LogP contribution is 2.18. The fraction of sp³-hybridized carbons (Fsp3) is 0.500. The molecular weight excluding hydrogens is 264 g/mol. The highest BCUT2D eigenvalue weighted by molar-refractivity contribution is 6.31. The van der Waals surface area contributed by atoms with Crippen LogP contribution >= 0.6 is 11.6 Å². The molecule has 1 unspecified atom stereocenters. The van der Waals surface area contributed by atoms with E-state index in [1.54, 1.807) is 18.2 Å². The maximum Gasteiger partial charge on any atom is 0.248 e. The number of nitrogens with one attached hydrogen (secondary N) is 1. The van der Waals surface area contributed by atoms with Gasteiger partial charge in [-0.3, -0.25) is 4.79 Å². The van der Waals surface area contributed by atoms with Crippen LogP contribution in [0.15, 0.2) is 18.2 Å². The van der Waals surface area contributed by atoms with Crippen LogP contribution in [0.2, 0.25) is 5.02 Å². The zero-order valence-corrected chi connectivity index (χ0v) is 12.1. The fourth-order valence-electron chi connectivity index (χ4n) is 1.89. The number of primary amides is 1. The predicted molar refractivity (Wildman–Crippen MR) is 77.1 cm³/mol. The van der Waals surface area contributed by atoms with Crippen molar-refractivity contribution in [2.45, 2.75) is 32.9 Å². The molecule has 0 aromatic heterocycles. The summed E-state index contributed by atoms with van der Waals surface area (Å²) in [6, 6.07) is 5.05. The highest BCUT2D eigenvalue weighted by Gasteiger charge is 2.11. The van der Waals surface area contributed by atoms with E-state index in [0.29, 0.717) is 23.0 Å². The summed E-state index contributed by atoms with van der Waals surface area (Å²) < 4.78 is 0. The smallest absolute Gasteiger partial charge is 0.248 e. The van der Waals surface area contributed by atoms with Gasteiger partial charge in [-0.05, 0) is 30.0 Å². The van der Waals surface area contributed by atoms with Gasteiger partial charge in [0.05, 0.1) is 6.61 Å². The van der Waals surface area contributed by atoms with Crippen molar-refractivity contribution < 1.29 is 9.90 Å². The average Bonchev–Trinajstić information content (AvgIpc) is 2.34. The lowest BCUT2D eigenvalue weighted by Gasteiger charge is -2.18. The molecule has 0 aliphatic heterocycles. The molecule has 0 heterocycles. The topological polar surface area (TPSA) is 75.3 Å². The van der Waals surface area contributed by atoms with E-state index in [4.69, 9.17) is 17.3 Å². The van der Waals surface area contributed by atoms with Crippen LogP contribution in [-0.4, -0.2) is 23.7 Å². The summed E-state index contributed by atoms with van der Waals surface area (Å²) in [6.45, 7) is 4.86. The van der Waals surface area contributed by atoms with Crippen LogP contribution in [0.5, 0.6) is 0 Å². The lowest BCUT2D eigenvalue weighted by molar-refractivity contribution is 0.100. The third kappa shape index (κ3) is 5.19. The Balaban J connectivity index is 2.64. The molecule has 1 aromatic carbocycles. The SMILES string of the molecule is CC(C)CC(CO)NCc1ccc(C(N)=O)cc1Cl.